The Balaban J connectivity index is 1.57. The Labute approximate surface area is 130 Å². The summed E-state index contributed by atoms with van der Waals surface area (Å²) in [5.41, 5.74) is 0. The van der Waals surface area contributed by atoms with Crippen LogP contribution in [0.1, 0.15) is 58.3 Å². The van der Waals surface area contributed by atoms with Crippen LogP contribution in [0.4, 0.5) is 0 Å². The number of carbonyl (C=O) groups excluding carboxylic acids is 2. The normalized spacial score (nSPS) is 36.3. The lowest BCUT2D eigenvalue weighted by atomic mass is 10.1. The van der Waals surface area contributed by atoms with Crippen LogP contribution >= 0.6 is 11.8 Å². The predicted octanol–water partition coefficient (Wildman–Crippen LogP) is 2.37. The fraction of sp³-hybridized carbons (Fsp3) is 0.875. The highest BCUT2D eigenvalue weighted by Crippen LogP contribution is 2.48. The van der Waals surface area contributed by atoms with E-state index in [1.54, 1.807) is 11.8 Å². The van der Waals surface area contributed by atoms with Crippen LogP contribution in [-0.2, 0) is 9.59 Å². The van der Waals surface area contributed by atoms with Gasteiger partial charge in [-0.15, -0.1) is 11.8 Å². The molecule has 2 aliphatic heterocycles. The molecule has 0 spiro atoms. The van der Waals surface area contributed by atoms with E-state index in [4.69, 9.17) is 0 Å². The Hall–Kier alpha value is -0.710. The number of hydrogen-bond acceptors (Lipinski definition) is 3. The van der Waals surface area contributed by atoms with Gasteiger partial charge in [0, 0.05) is 24.3 Å². The number of nitrogens with zero attached hydrogens (tertiary/aromatic N) is 2. The van der Waals surface area contributed by atoms with Crippen molar-refractivity contribution in [2.24, 2.45) is 0 Å². The molecular weight excluding hydrogens is 284 g/mol. The summed E-state index contributed by atoms with van der Waals surface area (Å²) in [5.74, 6) is 1.22. The molecule has 0 aromatic carbocycles. The Morgan fingerprint density at radius 3 is 2.57 bits per heavy atom. The van der Waals surface area contributed by atoms with E-state index in [1.165, 1.54) is 12.8 Å². The van der Waals surface area contributed by atoms with Crippen molar-refractivity contribution < 1.29 is 9.59 Å². The molecule has 116 valence electrons. The van der Waals surface area contributed by atoms with Crippen molar-refractivity contribution >= 4 is 23.6 Å². The van der Waals surface area contributed by atoms with Crippen LogP contribution < -0.4 is 0 Å². The zero-order valence-electron chi connectivity index (χ0n) is 12.7. The summed E-state index contributed by atoms with van der Waals surface area (Å²) in [7, 11) is 0. The fourth-order valence-corrected chi connectivity index (χ4v) is 5.79. The lowest BCUT2D eigenvalue weighted by Gasteiger charge is -2.36. The topological polar surface area (TPSA) is 40.6 Å². The molecule has 0 radical (unpaired) electrons. The Morgan fingerprint density at radius 2 is 1.90 bits per heavy atom. The minimum atomic E-state index is -0.198. The molecule has 0 aromatic heterocycles. The molecule has 2 saturated heterocycles. The molecule has 2 saturated carbocycles. The van der Waals surface area contributed by atoms with E-state index in [1.807, 2.05) is 4.90 Å². The second-order valence-corrected chi connectivity index (χ2v) is 8.68. The zero-order valence-corrected chi connectivity index (χ0v) is 13.5. The van der Waals surface area contributed by atoms with Crippen LogP contribution in [0.5, 0.6) is 0 Å². The predicted molar refractivity (Wildman–Crippen MR) is 82.9 cm³/mol. The van der Waals surface area contributed by atoms with Gasteiger partial charge in [0.1, 0.15) is 6.04 Å². The zero-order chi connectivity index (χ0) is 14.6. The monoisotopic (exact) mass is 308 g/mol. The van der Waals surface area contributed by atoms with Crippen LogP contribution in [-0.4, -0.2) is 50.4 Å². The molecule has 2 amide bonds. The standard InChI is InChI=1S/C16H24N2O2S/c1-16-9-8-14(19)18(16)13(10-21-16)15(20)17(12-6-7-12)11-4-2-3-5-11/h11-13H,2-10H2,1H3/t13-,16-/m0/s1. The maximum Gasteiger partial charge on any atom is 0.246 e. The molecule has 0 aromatic rings. The summed E-state index contributed by atoms with van der Waals surface area (Å²) < 4.78 is 0. The minimum absolute atomic E-state index is 0.123. The van der Waals surface area contributed by atoms with Crippen molar-refractivity contribution in [1.82, 2.24) is 9.80 Å². The highest BCUT2D eigenvalue weighted by Gasteiger charge is 2.55. The molecule has 0 bridgehead atoms. The minimum Gasteiger partial charge on any atom is -0.335 e. The first-order valence-electron chi connectivity index (χ1n) is 8.38. The SMILES string of the molecule is C[C@]12CCC(=O)N1[C@H](C(=O)N(C1CCCC1)C1CC1)CS2. The Bertz CT molecular complexity index is 473. The lowest BCUT2D eigenvalue weighted by molar-refractivity contribution is -0.145. The van der Waals surface area contributed by atoms with E-state index in [2.05, 4.69) is 11.8 Å². The Kier molecular flexibility index (Phi) is 3.25. The maximum absolute atomic E-state index is 13.2. The van der Waals surface area contributed by atoms with Crippen molar-refractivity contribution in [1.29, 1.82) is 0 Å². The summed E-state index contributed by atoms with van der Waals surface area (Å²) in [5, 5.41) is 0. The fourth-order valence-electron chi connectivity index (χ4n) is 4.37. The van der Waals surface area contributed by atoms with Gasteiger partial charge in [-0.05, 0) is 39.0 Å². The lowest BCUT2D eigenvalue weighted by Crippen LogP contribution is -2.54. The van der Waals surface area contributed by atoms with E-state index in [0.29, 0.717) is 18.5 Å². The number of thioether (sulfide) groups is 1. The van der Waals surface area contributed by atoms with Gasteiger partial charge in [0.25, 0.3) is 0 Å². The first-order chi connectivity index (χ1) is 10.1. The van der Waals surface area contributed by atoms with Crippen LogP contribution in [0, 0.1) is 0 Å². The second kappa shape index (κ2) is 4.90. The Morgan fingerprint density at radius 1 is 1.24 bits per heavy atom. The molecular formula is C16H24N2O2S. The average Bonchev–Trinajstić information content (AvgIpc) is 2.90. The highest BCUT2D eigenvalue weighted by molar-refractivity contribution is 8.01. The highest BCUT2D eigenvalue weighted by atomic mass is 32.2. The van der Waals surface area contributed by atoms with E-state index >= 15 is 0 Å². The molecule has 2 heterocycles. The van der Waals surface area contributed by atoms with Crippen molar-refractivity contribution in [2.45, 2.75) is 81.3 Å². The van der Waals surface area contributed by atoms with Crippen molar-refractivity contribution in [3.8, 4) is 0 Å². The molecule has 5 heteroatoms. The second-order valence-electron chi connectivity index (χ2n) is 7.18. The third-order valence-corrected chi connectivity index (χ3v) is 7.15. The molecule has 4 rings (SSSR count). The maximum atomic E-state index is 13.2. The van der Waals surface area contributed by atoms with E-state index in [9.17, 15) is 9.59 Å². The van der Waals surface area contributed by atoms with E-state index < -0.39 is 0 Å². The first kappa shape index (κ1) is 13.9. The van der Waals surface area contributed by atoms with Gasteiger partial charge < -0.3 is 9.80 Å². The number of rotatable bonds is 3. The van der Waals surface area contributed by atoms with Crippen molar-refractivity contribution in [3.63, 3.8) is 0 Å². The summed E-state index contributed by atoms with van der Waals surface area (Å²) in [6.45, 7) is 2.13. The first-order valence-corrected chi connectivity index (χ1v) is 9.37. The summed E-state index contributed by atoms with van der Waals surface area (Å²) >= 11 is 1.81. The molecule has 0 N–H and O–H groups in total. The molecule has 4 fully saturated rings. The third kappa shape index (κ3) is 2.19. The summed E-state index contributed by atoms with van der Waals surface area (Å²) in [6, 6.07) is 0.714. The molecule has 2 atom stereocenters. The molecule has 4 nitrogen and oxygen atoms in total. The van der Waals surface area contributed by atoms with Crippen LogP contribution in [0.25, 0.3) is 0 Å². The van der Waals surface area contributed by atoms with Gasteiger partial charge in [0.05, 0.1) is 4.87 Å². The van der Waals surface area contributed by atoms with E-state index in [0.717, 1.165) is 37.9 Å². The van der Waals surface area contributed by atoms with Gasteiger partial charge in [-0.2, -0.15) is 0 Å². The number of hydrogen-bond donors (Lipinski definition) is 0. The third-order valence-electron chi connectivity index (χ3n) is 5.64. The summed E-state index contributed by atoms with van der Waals surface area (Å²) in [6.07, 6.45) is 8.65. The quantitative estimate of drug-likeness (QED) is 0.804. The van der Waals surface area contributed by atoms with E-state index in [-0.39, 0.29) is 22.7 Å². The largest absolute Gasteiger partial charge is 0.335 e. The van der Waals surface area contributed by atoms with Gasteiger partial charge in [0.15, 0.2) is 0 Å². The van der Waals surface area contributed by atoms with Crippen molar-refractivity contribution in [3.05, 3.63) is 0 Å². The van der Waals surface area contributed by atoms with Crippen LogP contribution in [0.15, 0.2) is 0 Å². The molecule has 0 unspecified atom stereocenters. The number of amides is 2. The van der Waals surface area contributed by atoms with Crippen molar-refractivity contribution in [2.75, 3.05) is 5.75 Å². The van der Waals surface area contributed by atoms with Crippen LogP contribution in [0.2, 0.25) is 0 Å². The average molecular weight is 308 g/mol. The van der Waals surface area contributed by atoms with Gasteiger partial charge >= 0.3 is 0 Å². The van der Waals surface area contributed by atoms with Gasteiger partial charge in [-0.25, -0.2) is 0 Å². The molecule has 2 aliphatic carbocycles. The smallest absolute Gasteiger partial charge is 0.246 e. The summed E-state index contributed by atoms with van der Waals surface area (Å²) in [4.78, 5) is 29.4. The molecule has 4 aliphatic rings. The van der Waals surface area contributed by atoms with Gasteiger partial charge in [-0.3, -0.25) is 9.59 Å². The van der Waals surface area contributed by atoms with Crippen LogP contribution in [0.3, 0.4) is 0 Å². The number of fused-ring (bicyclic) bond motifs is 1. The molecule has 21 heavy (non-hydrogen) atoms. The number of carbonyl (C=O) groups is 2. The van der Waals surface area contributed by atoms with Gasteiger partial charge in [0.2, 0.25) is 11.8 Å². The van der Waals surface area contributed by atoms with Gasteiger partial charge in [-0.1, -0.05) is 12.8 Å².